The molecule has 1 atom stereocenters. The lowest BCUT2D eigenvalue weighted by atomic mass is 9.83. The quantitative estimate of drug-likeness (QED) is 0.353. The molecule has 214 valence electrons. The van der Waals surface area contributed by atoms with Gasteiger partial charge >= 0.3 is 0 Å². The van der Waals surface area contributed by atoms with E-state index in [1.165, 1.54) is 16.0 Å². The van der Waals surface area contributed by atoms with E-state index in [-0.39, 0.29) is 18.5 Å². The summed E-state index contributed by atoms with van der Waals surface area (Å²) < 4.78 is 5.80. The second-order valence-corrected chi connectivity index (χ2v) is 11.2. The fourth-order valence-electron chi connectivity index (χ4n) is 6.11. The maximum atomic E-state index is 14.3. The second-order valence-electron chi connectivity index (χ2n) is 11.2. The van der Waals surface area contributed by atoms with Gasteiger partial charge in [0, 0.05) is 32.1 Å². The second kappa shape index (κ2) is 12.6. The van der Waals surface area contributed by atoms with Crippen LogP contribution in [-0.2, 0) is 29.1 Å². The first-order chi connectivity index (χ1) is 20.4. The van der Waals surface area contributed by atoms with E-state index in [0.717, 1.165) is 29.9 Å². The van der Waals surface area contributed by atoms with Crippen LogP contribution < -0.4 is 4.74 Å². The first-order valence-corrected chi connectivity index (χ1v) is 14.3. The van der Waals surface area contributed by atoms with Gasteiger partial charge in [-0.25, -0.2) is 0 Å². The monoisotopic (exact) mass is 561 g/mol. The number of hydrogen-bond acceptors (Lipinski definition) is 7. The molecule has 2 aliphatic rings. The Morgan fingerprint density at radius 2 is 1.57 bits per heavy atom. The molecule has 3 aromatic carbocycles. The molecule has 1 unspecified atom stereocenters. The molecule has 0 bridgehead atoms. The third kappa shape index (κ3) is 5.92. The van der Waals surface area contributed by atoms with Gasteiger partial charge in [0.05, 0.1) is 36.4 Å². The molecular formula is C34H35N5O3. The number of amides is 2. The number of benzene rings is 3. The maximum Gasteiger partial charge on any atom is 0.249 e. The van der Waals surface area contributed by atoms with Gasteiger partial charge < -0.3 is 4.74 Å². The number of hydrogen-bond donors (Lipinski definition) is 0. The zero-order chi connectivity index (χ0) is 29.7. The van der Waals surface area contributed by atoms with Gasteiger partial charge in [0.25, 0.3) is 0 Å². The Morgan fingerprint density at radius 1 is 0.976 bits per heavy atom. The maximum absolute atomic E-state index is 14.3. The Balaban J connectivity index is 1.38. The van der Waals surface area contributed by atoms with Crippen LogP contribution in [-0.4, -0.2) is 59.3 Å². The van der Waals surface area contributed by atoms with Gasteiger partial charge in [-0.3, -0.25) is 24.3 Å². The molecule has 42 heavy (non-hydrogen) atoms. The van der Waals surface area contributed by atoms with E-state index in [2.05, 4.69) is 47.1 Å². The van der Waals surface area contributed by atoms with Gasteiger partial charge in [0.15, 0.2) is 0 Å². The van der Waals surface area contributed by atoms with Gasteiger partial charge in [-0.05, 0) is 79.4 Å². The normalized spacial score (nSPS) is 16.5. The summed E-state index contributed by atoms with van der Waals surface area (Å²) in [6.45, 7) is 4.92. The Bertz CT molecular complexity index is 1510. The molecule has 2 heterocycles. The summed E-state index contributed by atoms with van der Waals surface area (Å²) in [6, 6.07) is 25.2. The lowest BCUT2D eigenvalue weighted by molar-refractivity contribution is -0.152. The van der Waals surface area contributed by atoms with E-state index in [4.69, 9.17) is 10.00 Å². The first kappa shape index (κ1) is 29.0. The van der Waals surface area contributed by atoms with Gasteiger partial charge in [-0.1, -0.05) is 36.4 Å². The Hall–Kier alpha value is -4.50. The summed E-state index contributed by atoms with van der Waals surface area (Å²) in [5, 5.41) is 18.3. The van der Waals surface area contributed by atoms with Gasteiger partial charge in [0.1, 0.15) is 11.3 Å². The molecular weight excluding hydrogens is 526 g/mol. The van der Waals surface area contributed by atoms with Crippen LogP contribution in [0.5, 0.6) is 5.75 Å². The van der Waals surface area contributed by atoms with Crippen molar-refractivity contribution in [2.24, 2.45) is 0 Å². The van der Waals surface area contributed by atoms with Crippen molar-refractivity contribution < 1.29 is 14.3 Å². The summed E-state index contributed by atoms with van der Waals surface area (Å²) in [7, 11) is 1.94. The Morgan fingerprint density at radius 3 is 2.14 bits per heavy atom. The lowest BCUT2D eigenvalue weighted by Crippen LogP contribution is -2.62. The zero-order valence-electron chi connectivity index (χ0n) is 24.1. The minimum atomic E-state index is -0.890. The smallest absolute Gasteiger partial charge is 0.249 e. The third-order valence-electron chi connectivity index (χ3n) is 8.83. The molecule has 2 aliphatic heterocycles. The highest BCUT2D eigenvalue weighted by Crippen LogP contribution is 2.37. The molecule has 1 saturated heterocycles. The molecule has 8 nitrogen and oxygen atoms in total. The minimum absolute atomic E-state index is 0.135. The highest BCUT2D eigenvalue weighted by atomic mass is 16.5. The van der Waals surface area contributed by atoms with Crippen molar-refractivity contribution in [3.05, 3.63) is 100 Å². The summed E-state index contributed by atoms with van der Waals surface area (Å²) >= 11 is 0. The highest BCUT2D eigenvalue weighted by Gasteiger charge is 2.47. The van der Waals surface area contributed by atoms with Crippen molar-refractivity contribution in [1.82, 2.24) is 14.7 Å². The number of rotatable bonds is 9. The van der Waals surface area contributed by atoms with Crippen molar-refractivity contribution in [2.75, 3.05) is 26.7 Å². The summed E-state index contributed by atoms with van der Waals surface area (Å²) in [4.78, 5) is 32.4. The van der Waals surface area contributed by atoms with Gasteiger partial charge in [0.2, 0.25) is 12.3 Å². The van der Waals surface area contributed by atoms with Crippen LogP contribution in [0.1, 0.15) is 59.2 Å². The number of ether oxygens (including phenoxy) is 1. The van der Waals surface area contributed by atoms with E-state index in [1.807, 2.05) is 19.2 Å². The number of carbonyl (C=O) groups excluding carboxylic acids is 2. The van der Waals surface area contributed by atoms with Gasteiger partial charge in [-0.15, -0.1) is 0 Å². The molecule has 1 fully saturated rings. The van der Waals surface area contributed by atoms with Crippen molar-refractivity contribution >= 4 is 12.3 Å². The first-order valence-electron chi connectivity index (χ1n) is 14.3. The van der Waals surface area contributed by atoms with Crippen LogP contribution in [0, 0.1) is 22.7 Å². The van der Waals surface area contributed by atoms with Crippen molar-refractivity contribution in [3.8, 4) is 17.9 Å². The standard InChI is InChI=1S/C34H35N5O3/c1-25(31-12-11-30-13-18-42-32(30)19-31)38-16-14-34(15-17-38,37(2)22-28-7-3-26(20-35)4-8-28)33(41)39(24-40)23-29-9-5-27(21-36)6-10-29/h3-12,19,24-25H,13-18,22-23H2,1-2H3. The number of likely N-dealkylation sites (tertiary alicyclic amines) is 1. The largest absolute Gasteiger partial charge is 0.493 e. The molecule has 5 rings (SSSR count). The van der Waals surface area contributed by atoms with Crippen LogP contribution in [0.25, 0.3) is 0 Å². The third-order valence-corrected chi connectivity index (χ3v) is 8.83. The molecule has 3 aromatic rings. The van der Waals surface area contributed by atoms with Crippen molar-refractivity contribution in [2.45, 2.75) is 50.9 Å². The number of carbonyl (C=O) groups is 2. The molecule has 0 N–H and O–H groups in total. The average molecular weight is 562 g/mol. The molecule has 0 saturated carbocycles. The van der Waals surface area contributed by atoms with Crippen LogP contribution in [0.4, 0.5) is 0 Å². The minimum Gasteiger partial charge on any atom is -0.493 e. The number of nitriles is 2. The summed E-state index contributed by atoms with van der Waals surface area (Å²) in [5.74, 6) is 0.740. The van der Waals surface area contributed by atoms with E-state index in [9.17, 15) is 14.9 Å². The molecule has 8 heteroatoms. The predicted octanol–water partition coefficient (Wildman–Crippen LogP) is 4.58. The fourth-order valence-corrected chi connectivity index (χ4v) is 6.11. The van der Waals surface area contributed by atoms with Crippen molar-refractivity contribution in [3.63, 3.8) is 0 Å². The summed E-state index contributed by atoms with van der Waals surface area (Å²) in [5.41, 5.74) is 4.43. The van der Waals surface area contributed by atoms with Crippen LogP contribution in [0.3, 0.4) is 0 Å². The number of piperidine rings is 1. The topological polar surface area (TPSA) is 101 Å². The number of nitrogens with zero attached hydrogens (tertiary/aromatic N) is 5. The van der Waals surface area contributed by atoms with Crippen LogP contribution in [0.2, 0.25) is 0 Å². The zero-order valence-corrected chi connectivity index (χ0v) is 24.1. The van der Waals surface area contributed by atoms with Crippen molar-refractivity contribution in [1.29, 1.82) is 10.5 Å². The molecule has 0 radical (unpaired) electrons. The van der Waals surface area contributed by atoms with E-state index < -0.39 is 5.54 Å². The van der Waals surface area contributed by atoms with Gasteiger partial charge in [-0.2, -0.15) is 10.5 Å². The van der Waals surface area contributed by atoms with E-state index >= 15 is 0 Å². The van der Waals surface area contributed by atoms with E-state index in [1.54, 1.807) is 36.4 Å². The number of likely N-dealkylation sites (N-methyl/N-ethyl adjacent to an activating group) is 1. The molecule has 2 amide bonds. The lowest BCUT2D eigenvalue weighted by Gasteiger charge is -2.48. The SMILES string of the molecule is CC(c1ccc2c(c1)OCC2)N1CCC(C(=O)N(C=O)Cc2ccc(C#N)cc2)(N(C)Cc2ccc(C#N)cc2)CC1. The molecule has 0 aromatic heterocycles. The van der Waals surface area contributed by atoms with Crippen LogP contribution in [0.15, 0.2) is 66.7 Å². The predicted molar refractivity (Wildman–Crippen MR) is 158 cm³/mol. The molecule has 0 aliphatic carbocycles. The average Bonchev–Trinajstić information content (AvgIpc) is 3.52. The molecule has 0 spiro atoms. The highest BCUT2D eigenvalue weighted by molar-refractivity contribution is 5.93. The Kier molecular flexibility index (Phi) is 8.68. The number of imide groups is 1. The number of fused-ring (bicyclic) bond motifs is 1. The summed E-state index contributed by atoms with van der Waals surface area (Å²) in [6.07, 6.45) is 2.68. The Labute approximate surface area is 247 Å². The fraction of sp³-hybridized carbons (Fsp3) is 0.353. The van der Waals surface area contributed by atoms with E-state index in [0.29, 0.717) is 50.0 Å². The van der Waals surface area contributed by atoms with Crippen LogP contribution >= 0.6 is 0 Å².